The van der Waals surface area contributed by atoms with Gasteiger partial charge in [0.2, 0.25) is 11.8 Å². The number of hydrogen-bond donors (Lipinski definition) is 2. The third-order valence-corrected chi connectivity index (χ3v) is 4.39. The van der Waals surface area contributed by atoms with Crippen LogP contribution in [0.4, 0.5) is 5.69 Å². The number of carbonyl (C=O) groups is 3. The number of carboxylic acids is 1. The zero-order valence-electron chi connectivity index (χ0n) is 14.3. The fourth-order valence-corrected chi connectivity index (χ4v) is 2.97. The summed E-state index contributed by atoms with van der Waals surface area (Å²) in [4.78, 5) is 37.6. The first-order valence-corrected chi connectivity index (χ1v) is 8.26. The molecule has 2 atom stereocenters. The molecule has 1 aromatic carbocycles. The summed E-state index contributed by atoms with van der Waals surface area (Å²) in [6.45, 7) is 5.78. The highest BCUT2D eigenvalue weighted by atomic mass is 16.4. The van der Waals surface area contributed by atoms with Crippen LogP contribution in [0.25, 0.3) is 0 Å². The molecule has 1 aliphatic heterocycles. The number of amides is 2. The SMILES string of the molecule is CCc1ccccc1N1CC(C(=O)NC(C(=O)O)C(C)C)CC1=O. The predicted molar refractivity (Wildman–Crippen MR) is 90.7 cm³/mol. The lowest BCUT2D eigenvalue weighted by Gasteiger charge is -2.21. The minimum absolute atomic E-state index is 0.104. The Morgan fingerprint density at radius 3 is 2.58 bits per heavy atom. The predicted octanol–water partition coefficient (Wildman–Crippen LogP) is 1.83. The Kier molecular flexibility index (Phi) is 5.59. The van der Waals surface area contributed by atoms with Gasteiger partial charge in [-0.1, -0.05) is 39.0 Å². The highest BCUT2D eigenvalue weighted by molar-refractivity contribution is 6.01. The summed E-state index contributed by atoms with van der Waals surface area (Å²) in [6.07, 6.45) is 0.902. The van der Waals surface area contributed by atoms with Crippen LogP contribution in [0, 0.1) is 11.8 Å². The molecule has 0 spiro atoms. The smallest absolute Gasteiger partial charge is 0.326 e. The van der Waals surface area contributed by atoms with Crippen LogP contribution in [0.5, 0.6) is 0 Å². The third-order valence-electron chi connectivity index (χ3n) is 4.39. The Hall–Kier alpha value is -2.37. The number of carboxylic acid groups (broad SMARTS) is 1. The molecule has 0 bridgehead atoms. The largest absolute Gasteiger partial charge is 0.480 e. The molecule has 0 saturated carbocycles. The number of nitrogens with zero attached hydrogens (tertiary/aromatic N) is 1. The van der Waals surface area contributed by atoms with Gasteiger partial charge in [-0.05, 0) is 24.0 Å². The second-order valence-electron chi connectivity index (χ2n) is 6.46. The topological polar surface area (TPSA) is 86.7 Å². The first kappa shape index (κ1) is 18.0. The molecule has 2 rings (SSSR count). The third kappa shape index (κ3) is 3.75. The number of aliphatic carboxylic acids is 1. The zero-order chi connectivity index (χ0) is 17.9. The minimum Gasteiger partial charge on any atom is -0.480 e. The van der Waals surface area contributed by atoms with Crippen LogP contribution in [0.3, 0.4) is 0 Å². The van der Waals surface area contributed by atoms with Crippen molar-refractivity contribution in [1.29, 1.82) is 0 Å². The highest BCUT2D eigenvalue weighted by Gasteiger charge is 2.37. The van der Waals surface area contributed by atoms with Crippen LogP contribution in [0.2, 0.25) is 0 Å². The minimum atomic E-state index is -1.06. The van der Waals surface area contributed by atoms with Gasteiger partial charge in [-0.2, -0.15) is 0 Å². The van der Waals surface area contributed by atoms with Gasteiger partial charge >= 0.3 is 5.97 Å². The molecule has 0 radical (unpaired) electrons. The van der Waals surface area contributed by atoms with Crippen molar-refractivity contribution in [2.45, 2.75) is 39.7 Å². The first-order valence-electron chi connectivity index (χ1n) is 8.26. The monoisotopic (exact) mass is 332 g/mol. The van der Waals surface area contributed by atoms with Gasteiger partial charge in [0.15, 0.2) is 0 Å². The lowest BCUT2D eigenvalue weighted by atomic mass is 10.0. The number of nitrogens with one attached hydrogen (secondary N) is 1. The lowest BCUT2D eigenvalue weighted by Crippen LogP contribution is -2.47. The van der Waals surface area contributed by atoms with Crippen LogP contribution in [0.15, 0.2) is 24.3 Å². The van der Waals surface area contributed by atoms with Gasteiger partial charge in [0.05, 0.1) is 5.92 Å². The summed E-state index contributed by atoms with van der Waals surface area (Å²) in [6, 6.07) is 6.70. The van der Waals surface area contributed by atoms with E-state index in [-0.39, 0.29) is 30.7 Å². The van der Waals surface area contributed by atoms with Crippen molar-refractivity contribution in [2.75, 3.05) is 11.4 Å². The molecule has 2 N–H and O–H groups in total. The van der Waals surface area contributed by atoms with Crippen molar-refractivity contribution in [3.8, 4) is 0 Å². The van der Waals surface area contributed by atoms with Crippen LogP contribution in [-0.4, -0.2) is 35.5 Å². The molecule has 1 aromatic rings. The second-order valence-corrected chi connectivity index (χ2v) is 6.46. The van der Waals surface area contributed by atoms with Gasteiger partial charge in [-0.25, -0.2) is 4.79 Å². The molecular formula is C18H24N2O4. The van der Waals surface area contributed by atoms with Crippen molar-refractivity contribution in [1.82, 2.24) is 5.32 Å². The molecule has 0 aromatic heterocycles. The van der Waals surface area contributed by atoms with Crippen LogP contribution >= 0.6 is 0 Å². The van der Waals surface area contributed by atoms with E-state index < -0.39 is 17.9 Å². The summed E-state index contributed by atoms with van der Waals surface area (Å²) in [7, 11) is 0. The molecule has 24 heavy (non-hydrogen) atoms. The molecule has 1 saturated heterocycles. The molecule has 0 aliphatic carbocycles. The standard InChI is InChI=1S/C18H24N2O4/c1-4-12-7-5-6-8-14(12)20-10-13(9-15(20)21)17(22)19-16(11(2)3)18(23)24/h5-8,11,13,16H,4,9-10H2,1-3H3,(H,19,22)(H,23,24). The van der Waals surface area contributed by atoms with Gasteiger partial charge in [0.25, 0.3) is 0 Å². The number of rotatable bonds is 6. The summed E-state index contributed by atoms with van der Waals surface area (Å²) < 4.78 is 0. The van der Waals surface area contributed by atoms with Crippen molar-refractivity contribution in [3.05, 3.63) is 29.8 Å². The molecule has 1 aliphatic rings. The number of carbonyl (C=O) groups excluding carboxylic acids is 2. The van der Waals surface area contributed by atoms with E-state index in [0.29, 0.717) is 0 Å². The fraction of sp³-hybridized carbons (Fsp3) is 0.500. The highest BCUT2D eigenvalue weighted by Crippen LogP contribution is 2.28. The van der Waals surface area contributed by atoms with Gasteiger partial charge in [-0.3, -0.25) is 9.59 Å². The average molecular weight is 332 g/mol. The Labute approximate surface area is 141 Å². The van der Waals surface area contributed by atoms with E-state index in [9.17, 15) is 19.5 Å². The van der Waals surface area contributed by atoms with E-state index >= 15 is 0 Å². The van der Waals surface area contributed by atoms with Crippen LogP contribution in [0.1, 0.15) is 32.8 Å². The van der Waals surface area contributed by atoms with E-state index in [2.05, 4.69) is 5.32 Å². The lowest BCUT2D eigenvalue weighted by molar-refractivity contribution is -0.143. The van der Waals surface area contributed by atoms with Crippen LogP contribution in [-0.2, 0) is 20.8 Å². The van der Waals surface area contributed by atoms with Crippen molar-refractivity contribution >= 4 is 23.5 Å². The van der Waals surface area contributed by atoms with E-state index in [1.165, 1.54) is 0 Å². The quantitative estimate of drug-likeness (QED) is 0.832. The summed E-state index contributed by atoms with van der Waals surface area (Å²) in [5, 5.41) is 11.8. The Morgan fingerprint density at radius 2 is 2.00 bits per heavy atom. The first-order chi connectivity index (χ1) is 11.3. The fourth-order valence-electron chi connectivity index (χ4n) is 2.97. The summed E-state index contributed by atoms with van der Waals surface area (Å²) in [5.41, 5.74) is 1.89. The maximum Gasteiger partial charge on any atom is 0.326 e. The van der Waals surface area contributed by atoms with E-state index in [1.807, 2.05) is 31.2 Å². The molecular weight excluding hydrogens is 308 g/mol. The average Bonchev–Trinajstić information content (AvgIpc) is 2.93. The van der Waals surface area contributed by atoms with Gasteiger partial charge in [0.1, 0.15) is 6.04 Å². The molecule has 1 heterocycles. The molecule has 6 heteroatoms. The Morgan fingerprint density at radius 1 is 1.33 bits per heavy atom. The molecule has 1 fully saturated rings. The second kappa shape index (κ2) is 7.47. The van der Waals surface area contributed by atoms with Gasteiger partial charge in [0, 0.05) is 18.7 Å². The van der Waals surface area contributed by atoms with Gasteiger partial charge < -0.3 is 15.3 Å². The summed E-state index contributed by atoms with van der Waals surface area (Å²) >= 11 is 0. The van der Waals surface area contributed by atoms with Crippen molar-refractivity contribution in [3.63, 3.8) is 0 Å². The summed E-state index contributed by atoms with van der Waals surface area (Å²) in [5.74, 6) is -2.28. The van der Waals surface area contributed by atoms with E-state index in [1.54, 1.807) is 18.7 Å². The van der Waals surface area contributed by atoms with Crippen LogP contribution < -0.4 is 10.2 Å². The Balaban J connectivity index is 2.11. The van der Waals surface area contributed by atoms with E-state index in [4.69, 9.17) is 0 Å². The number of aryl methyl sites for hydroxylation is 1. The zero-order valence-corrected chi connectivity index (χ0v) is 14.3. The molecule has 6 nitrogen and oxygen atoms in total. The van der Waals surface area contributed by atoms with Gasteiger partial charge in [-0.15, -0.1) is 0 Å². The molecule has 130 valence electrons. The van der Waals surface area contributed by atoms with E-state index in [0.717, 1.165) is 17.7 Å². The normalized spacial score (nSPS) is 18.8. The molecule has 2 unspecified atom stereocenters. The molecule has 2 amide bonds. The maximum absolute atomic E-state index is 12.4. The van der Waals surface area contributed by atoms with Crippen molar-refractivity contribution < 1.29 is 19.5 Å². The number of benzene rings is 1. The number of anilines is 1. The number of para-hydroxylation sites is 1. The van der Waals surface area contributed by atoms with Crippen molar-refractivity contribution in [2.24, 2.45) is 11.8 Å². The maximum atomic E-state index is 12.4. The Bertz CT molecular complexity index is 642. The number of hydrogen-bond acceptors (Lipinski definition) is 3.